The molecule has 3 aromatic rings. The number of aromatic nitrogens is 3. The van der Waals surface area contributed by atoms with E-state index >= 15 is 0 Å². The highest BCUT2D eigenvalue weighted by atomic mass is 16.1. The Hall–Kier alpha value is -2.69. The molecule has 20 heavy (non-hydrogen) atoms. The van der Waals surface area contributed by atoms with Gasteiger partial charge in [0.05, 0.1) is 5.52 Å². The van der Waals surface area contributed by atoms with Crippen LogP contribution >= 0.6 is 0 Å². The van der Waals surface area contributed by atoms with Crippen LogP contribution in [-0.2, 0) is 7.05 Å². The summed E-state index contributed by atoms with van der Waals surface area (Å²) in [4.78, 5) is 16.4. The van der Waals surface area contributed by atoms with E-state index in [9.17, 15) is 4.79 Å². The SMILES string of the molecule is Cc1cccc(NC(=O)c2ccc3cn(C)nc3c2)n1. The summed E-state index contributed by atoms with van der Waals surface area (Å²) in [5, 5.41) is 8.10. The number of fused-ring (bicyclic) bond motifs is 1. The summed E-state index contributed by atoms with van der Waals surface area (Å²) in [6.45, 7) is 1.88. The van der Waals surface area contributed by atoms with Gasteiger partial charge in [0.2, 0.25) is 0 Å². The quantitative estimate of drug-likeness (QED) is 0.775. The second-order valence-electron chi connectivity index (χ2n) is 4.69. The van der Waals surface area contributed by atoms with Crippen LogP contribution in [0.25, 0.3) is 10.9 Å². The van der Waals surface area contributed by atoms with Crippen LogP contribution in [0, 0.1) is 6.92 Å². The van der Waals surface area contributed by atoms with Gasteiger partial charge >= 0.3 is 0 Å². The Morgan fingerprint density at radius 3 is 2.90 bits per heavy atom. The molecule has 2 heterocycles. The zero-order chi connectivity index (χ0) is 14.1. The Bertz CT molecular complexity index is 791. The van der Waals surface area contributed by atoms with Gasteiger partial charge in [-0.25, -0.2) is 4.98 Å². The highest BCUT2D eigenvalue weighted by Crippen LogP contribution is 2.15. The second kappa shape index (κ2) is 4.77. The number of amides is 1. The van der Waals surface area contributed by atoms with E-state index in [4.69, 9.17) is 0 Å². The van der Waals surface area contributed by atoms with Crippen molar-refractivity contribution in [1.82, 2.24) is 14.8 Å². The lowest BCUT2D eigenvalue weighted by Gasteiger charge is -2.05. The van der Waals surface area contributed by atoms with Gasteiger partial charge < -0.3 is 5.32 Å². The van der Waals surface area contributed by atoms with Crippen molar-refractivity contribution in [1.29, 1.82) is 0 Å². The average molecular weight is 266 g/mol. The normalized spacial score (nSPS) is 10.7. The molecule has 0 saturated heterocycles. The molecule has 1 aromatic carbocycles. The molecule has 5 heteroatoms. The lowest BCUT2D eigenvalue weighted by Crippen LogP contribution is -2.13. The maximum Gasteiger partial charge on any atom is 0.256 e. The molecule has 2 aromatic heterocycles. The summed E-state index contributed by atoms with van der Waals surface area (Å²) in [6.07, 6.45) is 1.92. The van der Waals surface area contributed by atoms with Gasteiger partial charge in [-0.05, 0) is 31.2 Å². The minimum absolute atomic E-state index is 0.185. The van der Waals surface area contributed by atoms with Crippen molar-refractivity contribution < 1.29 is 4.79 Å². The van der Waals surface area contributed by atoms with Gasteiger partial charge in [-0.15, -0.1) is 0 Å². The van der Waals surface area contributed by atoms with Crippen molar-refractivity contribution in [2.75, 3.05) is 5.32 Å². The molecule has 0 saturated carbocycles. The monoisotopic (exact) mass is 266 g/mol. The second-order valence-corrected chi connectivity index (χ2v) is 4.69. The number of carbonyl (C=O) groups is 1. The molecule has 0 aliphatic rings. The van der Waals surface area contributed by atoms with Crippen LogP contribution < -0.4 is 5.32 Å². The van der Waals surface area contributed by atoms with E-state index in [1.165, 1.54) is 0 Å². The highest BCUT2D eigenvalue weighted by Gasteiger charge is 2.09. The number of carbonyl (C=O) groups excluding carboxylic acids is 1. The molecular formula is C15H14N4O. The highest BCUT2D eigenvalue weighted by molar-refractivity contribution is 6.05. The zero-order valence-corrected chi connectivity index (χ0v) is 11.3. The fraction of sp³-hybridized carbons (Fsp3) is 0.133. The summed E-state index contributed by atoms with van der Waals surface area (Å²) in [5.41, 5.74) is 2.24. The first-order valence-electron chi connectivity index (χ1n) is 6.30. The summed E-state index contributed by atoms with van der Waals surface area (Å²) >= 11 is 0. The van der Waals surface area contributed by atoms with Crippen LogP contribution in [0.3, 0.4) is 0 Å². The van der Waals surface area contributed by atoms with Gasteiger partial charge in [-0.2, -0.15) is 5.10 Å². The summed E-state index contributed by atoms with van der Waals surface area (Å²) < 4.78 is 1.73. The largest absolute Gasteiger partial charge is 0.307 e. The summed E-state index contributed by atoms with van der Waals surface area (Å²) in [6, 6.07) is 11.0. The van der Waals surface area contributed by atoms with Crippen LogP contribution in [-0.4, -0.2) is 20.7 Å². The van der Waals surface area contributed by atoms with Crippen LogP contribution in [0.1, 0.15) is 16.1 Å². The van der Waals surface area contributed by atoms with Crippen molar-refractivity contribution in [3.05, 3.63) is 53.9 Å². The van der Waals surface area contributed by atoms with Crippen LogP contribution in [0.5, 0.6) is 0 Å². The maximum absolute atomic E-state index is 12.2. The standard InChI is InChI=1S/C15H14N4O/c1-10-4-3-5-14(16-10)17-15(20)11-6-7-12-9-19(2)18-13(12)8-11/h3-9H,1-2H3,(H,16,17,20). The molecule has 0 radical (unpaired) electrons. The number of hydrogen-bond donors (Lipinski definition) is 1. The molecular weight excluding hydrogens is 252 g/mol. The number of anilines is 1. The number of hydrogen-bond acceptors (Lipinski definition) is 3. The molecule has 1 amide bonds. The molecule has 0 bridgehead atoms. The number of nitrogens with zero attached hydrogens (tertiary/aromatic N) is 3. The first-order valence-corrected chi connectivity index (χ1v) is 6.30. The Kier molecular flexibility index (Phi) is 2.95. The van der Waals surface area contributed by atoms with E-state index in [0.29, 0.717) is 11.4 Å². The number of benzene rings is 1. The van der Waals surface area contributed by atoms with Crippen molar-refractivity contribution in [2.45, 2.75) is 6.92 Å². The van der Waals surface area contributed by atoms with Crippen LogP contribution in [0.4, 0.5) is 5.82 Å². The number of pyridine rings is 1. The Morgan fingerprint density at radius 2 is 2.10 bits per heavy atom. The van der Waals surface area contributed by atoms with E-state index in [1.54, 1.807) is 22.9 Å². The summed E-state index contributed by atoms with van der Waals surface area (Å²) in [7, 11) is 1.86. The Morgan fingerprint density at radius 1 is 1.25 bits per heavy atom. The van der Waals surface area contributed by atoms with Crippen LogP contribution in [0.2, 0.25) is 0 Å². The molecule has 0 unspecified atom stereocenters. The van der Waals surface area contributed by atoms with E-state index in [1.807, 2.05) is 38.4 Å². The van der Waals surface area contributed by atoms with Gasteiger partial charge in [0.25, 0.3) is 5.91 Å². The first-order chi connectivity index (χ1) is 9.61. The van der Waals surface area contributed by atoms with E-state index < -0.39 is 0 Å². The molecule has 0 aliphatic carbocycles. The zero-order valence-electron chi connectivity index (χ0n) is 11.3. The third-order valence-corrected chi connectivity index (χ3v) is 3.01. The van der Waals surface area contributed by atoms with Crippen molar-refractivity contribution in [2.24, 2.45) is 7.05 Å². The van der Waals surface area contributed by atoms with Gasteiger partial charge in [0.15, 0.2) is 0 Å². The third-order valence-electron chi connectivity index (χ3n) is 3.01. The fourth-order valence-corrected chi connectivity index (χ4v) is 2.08. The predicted molar refractivity (Wildman–Crippen MR) is 77.6 cm³/mol. The molecule has 100 valence electrons. The van der Waals surface area contributed by atoms with E-state index in [-0.39, 0.29) is 5.91 Å². The fourth-order valence-electron chi connectivity index (χ4n) is 2.08. The van der Waals surface area contributed by atoms with Crippen molar-refractivity contribution in [3.63, 3.8) is 0 Å². The smallest absolute Gasteiger partial charge is 0.256 e. The van der Waals surface area contributed by atoms with Gasteiger partial charge in [0, 0.05) is 29.9 Å². The van der Waals surface area contributed by atoms with E-state index in [2.05, 4.69) is 15.4 Å². The van der Waals surface area contributed by atoms with Gasteiger partial charge in [0.1, 0.15) is 5.82 Å². The molecule has 3 rings (SSSR count). The minimum atomic E-state index is -0.185. The third kappa shape index (κ3) is 2.38. The topological polar surface area (TPSA) is 59.8 Å². The Balaban J connectivity index is 1.88. The number of aryl methyl sites for hydroxylation is 2. The average Bonchev–Trinajstić information content (AvgIpc) is 2.77. The maximum atomic E-state index is 12.2. The number of nitrogens with one attached hydrogen (secondary N) is 1. The van der Waals surface area contributed by atoms with Gasteiger partial charge in [-0.1, -0.05) is 12.1 Å². The molecule has 0 spiro atoms. The molecule has 0 atom stereocenters. The lowest BCUT2D eigenvalue weighted by atomic mass is 10.1. The molecule has 1 N–H and O–H groups in total. The molecule has 5 nitrogen and oxygen atoms in total. The number of rotatable bonds is 2. The van der Waals surface area contributed by atoms with Crippen molar-refractivity contribution >= 4 is 22.6 Å². The van der Waals surface area contributed by atoms with Crippen molar-refractivity contribution in [3.8, 4) is 0 Å². The first kappa shape index (κ1) is 12.3. The Labute approximate surface area is 116 Å². The van der Waals surface area contributed by atoms with Gasteiger partial charge in [-0.3, -0.25) is 9.48 Å². The van der Waals surface area contributed by atoms with Crippen LogP contribution in [0.15, 0.2) is 42.6 Å². The lowest BCUT2D eigenvalue weighted by molar-refractivity contribution is 0.102. The molecule has 0 fully saturated rings. The predicted octanol–water partition coefficient (Wildman–Crippen LogP) is 2.53. The summed E-state index contributed by atoms with van der Waals surface area (Å²) in [5.74, 6) is 0.367. The minimum Gasteiger partial charge on any atom is -0.307 e. The van der Waals surface area contributed by atoms with E-state index in [0.717, 1.165) is 16.6 Å². The molecule has 0 aliphatic heterocycles.